The van der Waals surface area contributed by atoms with Gasteiger partial charge >= 0.3 is 5.97 Å². The molecule has 0 amide bonds. The third kappa shape index (κ3) is 3.37. The molecule has 0 spiro atoms. The lowest BCUT2D eigenvalue weighted by atomic mass is 10.0. The number of para-hydroxylation sites is 1. The highest BCUT2D eigenvalue weighted by atomic mass is 35.5. The second kappa shape index (κ2) is 6.19. The molecule has 0 saturated heterocycles. The Morgan fingerprint density at radius 2 is 1.95 bits per heavy atom. The topological polar surface area (TPSA) is 46.5 Å². The molecular formula is C17H17ClO3. The summed E-state index contributed by atoms with van der Waals surface area (Å²) in [5, 5.41) is 9.55. The van der Waals surface area contributed by atoms with E-state index in [0.717, 1.165) is 11.1 Å². The van der Waals surface area contributed by atoms with Crippen LogP contribution in [0.1, 0.15) is 41.3 Å². The quantitative estimate of drug-likeness (QED) is 0.837. The van der Waals surface area contributed by atoms with Gasteiger partial charge in [0.15, 0.2) is 5.75 Å². The molecule has 0 aliphatic carbocycles. The molecule has 2 rings (SSSR count). The smallest absolute Gasteiger partial charge is 0.339 e. The van der Waals surface area contributed by atoms with Gasteiger partial charge in [0.1, 0.15) is 11.3 Å². The van der Waals surface area contributed by atoms with Crippen molar-refractivity contribution in [3.8, 4) is 11.5 Å². The maximum atomic E-state index is 11.3. The Balaban J connectivity index is 2.53. The number of hydrogen-bond acceptors (Lipinski definition) is 2. The molecule has 2 aromatic carbocycles. The molecule has 2 aromatic rings. The van der Waals surface area contributed by atoms with Crippen molar-refractivity contribution >= 4 is 17.6 Å². The van der Waals surface area contributed by atoms with E-state index in [2.05, 4.69) is 13.8 Å². The number of hydrogen-bond donors (Lipinski definition) is 1. The van der Waals surface area contributed by atoms with Crippen LogP contribution in [-0.2, 0) is 0 Å². The second-order valence-electron chi connectivity index (χ2n) is 5.22. The van der Waals surface area contributed by atoms with Crippen molar-refractivity contribution in [2.75, 3.05) is 0 Å². The summed E-state index contributed by atoms with van der Waals surface area (Å²) in [6.45, 7) is 6.08. The lowest BCUT2D eigenvalue weighted by Crippen LogP contribution is -2.02. The van der Waals surface area contributed by atoms with Gasteiger partial charge in [0, 0.05) is 0 Å². The van der Waals surface area contributed by atoms with Crippen LogP contribution in [0.25, 0.3) is 0 Å². The Morgan fingerprint density at radius 1 is 1.24 bits per heavy atom. The fourth-order valence-electron chi connectivity index (χ4n) is 2.10. The minimum Gasteiger partial charge on any atom is -0.478 e. The fraction of sp³-hybridized carbons (Fsp3) is 0.235. The van der Waals surface area contributed by atoms with Crippen molar-refractivity contribution in [1.82, 2.24) is 0 Å². The van der Waals surface area contributed by atoms with Crippen molar-refractivity contribution in [2.24, 2.45) is 0 Å². The van der Waals surface area contributed by atoms with Crippen molar-refractivity contribution in [3.63, 3.8) is 0 Å². The maximum absolute atomic E-state index is 11.3. The van der Waals surface area contributed by atoms with Crippen LogP contribution in [0.2, 0.25) is 5.02 Å². The van der Waals surface area contributed by atoms with Crippen LogP contribution in [0.15, 0.2) is 36.4 Å². The predicted molar refractivity (Wildman–Crippen MR) is 83.8 cm³/mol. The second-order valence-corrected chi connectivity index (χ2v) is 5.63. The van der Waals surface area contributed by atoms with Crippen molar-refractivity contribution in [1.29, 1.82) is 0 Å². The van der Waals surface area contributed by atoms with Gasteiger partial charge in [-0.05, 0) is 42.2 Å². The fourth-order valence-corrected chi connectivity index (χ4v) is 2.31. The number of rotatable bonds is 4. The highest BCUT2D eigenvalue weighted by molar-refractivity contribution is 6.32. The molecule has 110 valence electrons. The third-order valence-electron chi connectivity index (χ3n) is 3.20. The molecule has 21 heavy (non-hydrogen) atoms. The molecule has 0 aliphatic rings. The van der Waals surface area contributed by atoms with Crippen LogP contribution < -0.4 is 4.74 Å². The number of carboxylic acids is 1. The SMILES string of the molecule is Cc1ccc(C(C)C)c(Oc2c(Cl)cccc2C(=O)O)c1. The van der Waals surface area contributed by atoms with Gasteiger partial charge in [-0.25, -0.2) is 4.79 Å². The Kier molecular flexibility index (Phi) is 4.53. The van der Waals surface area contributed by atoms with E-state index in [9.17, 15) is 9.90 Å². The summed E-state index contributed by atoms with van der Waals surface area (Å²) in [6, 6.07) is 10.6. The monoisotopic (exact) mass is 304 g/mol. The Bertz CT molecular complexity index is 678. The zero-order valence-electron chi connectivity index (χ0n) is 12.2. The van der Waals surface area contributed by atoms with Crippen LogP contribution in [0.3, 0.4) is 0 Å². The normalized spacial score (nSPS) is 10.7. The molecule has 0 radical (unpaired) electrons. The van der Waals surface area contributed by atoms with Gasteiger partial charge in [0.2, 0.25) is 0 Å². The summed E-state index contributed by atoms with van der Waals surface area (Å²) in [5.41, 5.74) is 2.11. The van der Waals surface area contributed by atoms with E-state index in [1.54, 1.807) is 12.1 Å². The van der Waals surface area contributed by atoms with E-state index < -0.39 is 5.97 Å². The summed E-state index contributed by atoms with van der Waals surface area (Å²) in [5.74, 6) is 0.0161. The third-order valence-corrected chi connectivity index (χ3v) is 3.50. The van der Waals surface area contributed by atoms with E-state index in [-0.39, 0.29) is 22.3 Å². The summed E-state index contributed by atoms with van der Waals surface area (Å²) in [7, 11) is 0. The number of carboxylic acid groups (broad SMARTS) is 1. The summed E-state index contributed by atoms with van der Waals surface area (Å²) in [6.07, 6.45) is 0. The molecule has 0 unspecified atom stereocenters. The molecule has 0 bridgehead atoms. The first-order chi connectivity index (χ1) is 9.90. The van der Waals surface area contributed by atoms with Crippen LogP contribution in [-0.4, -0.2) is 11.1 Å². The first kappa shape index (κ1) is 15.4. The molecule has 0 saturated carbocycles. The van der Waals surface area contributed by atoms with Crippen LogP contribution in [0.5, 0.6) is 11.5 Å². The number of aromatic carboxylic acids is 1. The molecule has 0 fully saturated rings. The summed E-state index contributed by atoms with van der Waals surface area (Å²) < 4.78 is 5.86. The molecular weight excluding hydrogens is 288 g/mol. The molecule has 4 heteroatoms. The van der Waals surface area contributed by atoms with E-state index in [4.69, 9.17) is 16.3 Å². The average Bonchev–Trinajstić information content (AvgIpc) is 2.40. The van der Waals surface area contributed by atoms with Gasteiger partial charge in [0.05, 0.1) is 5.02 Å². The number of halogens is 1. The van der Waals surface area contributed by atoms with Gasteiger partial charge in [-0.3, -0.25) is 0 Å². The summed E-state index contributed by atoms with van der Waals surface area (Å²) in [4.78, 5) is 11.3. The van der Waals surface area contributed by atoms with Crippen molar-refractivity contribution in [2.45, 2.75) is 26.7 Å². The average molecular weight is 305 g/mol. The Labute approximate surface area is 129 Å². The maximum Gasteiger partial charge on any atom is 0.339 e. The highest BCUT2D eigenvalue weighted by Crippen LogP contribution is 2.37. The predicted octanol–water partition coefficient (Wildman–Crippen LogP) is 5.26. The Hall–Kier alpha value is -2.00. The summed E-state index contributed by atoms with van der Waals surface area (Å²) >= 11 is 6.11. The highest BCUT2D eigenvalue weighted by Gasteiger charge is 2.17. The minimum atomic E-state index is -1.06. The van der Waals surface area contributed by atoms with Gasteiger partial charge in [-0.15, -0.1) is 0 Å². The standard InChI is InChI=1S/C17H17ClO3/c1-10(2)12-8-7-11(3)9-15(12)21-16-13(17(19)20)5-4-6-14(16)18/h4-10H,1-3H3,(H,19,20). The first-order valence-corrected chi connectivity index (χ1v) is 7.08. The minimum absolute atomic E-state index is 0.0544. The molecule has 0 aromatic heterocycles. The number of aryl methyl sites for hydroxylation is 1. The zero-order chi connectivity index (χ0) is 15.6. The lowest BCUT2D eigenvalue weighted by Gasteiger charge is -2.16. The van der Waals surface area contributed by atoms with Crippen LogP contribution >= 0.6 is 11.6 Å². The molecule has 1 N–H and O–H groups in total. The molecule has 3 nitrogen and oxygen atoms in total. The van der Waals surface area contributed by atoms with Crippen molar-refractivity contribution in [3.05, 3.63) is 58.1 Å². The van der Waals surface area contributed by atoms with E-state index in [1.807, 2.05) is 25.1 Å². The molecule has 0 atom stereocenters. The largest absolute Gasteiger partial charge is 0.478 e. The van der Waals surface area contributed by atoms with Gasteiger partial charge < -0.3 is 9.84 Å². The number of benzene rings is 2. The van der Waals surface area contributed by atoms with Gasteiger partial charge in [-0.1, -0.05) is 43.6 Å². The molecule has 0 aliphatic heterocycles. The van der Waals surface area contributed by atoms with E-state index >= 15 is 0 Å². The number of ether oxygens (including phenoxy) is 1. The Morgan fingerprint density at radius 3 is 2.57 bits per heavy atom. The van der Waals surface area contributed by atoms with E-state index in [0.29, 0.717) is 5.75 Å². The lowest BCUT2D eigenvalue weighted by molar-refractivity contribution is 0.0694. The number of carbonyl (C=O) groups is 1. The van der Waals surface area contributed by atoms with Crippen molar-refractivity contribution < 1.29 is 14.6 Å². The first-order valence-electron chi connectivity index (χ1n) is 6.70. The van der Waals surface area contributed by atoms with Gasteiger partial charge in [0.25, 0.3) is 0 Å². The van der Waals surface area contributed by atoms with E-state index in [1.165, 1.54) is 6.07 Å². The van der Waals surface area contributed by atoms with Crippen LogP contribution in [0, 0.1) is 6.92 Å². The zero-order valence-corrected chi connectivity index (χ0v) is 12.9. The van der Waals surface area contributed by atoms with Gasteiger partial charge in [-0.2, -0.15) is 0 Å². The molecule has 0 heterocycles. The van der Waals surface area contributed by atoms with Crippen LogP contribution in [0.4, 0.5) is 0 Å².